The molecule has 3 aromatic heterocycles. The summed E-state index contributed by atoms with van der Waals surface area (Å²) < 4.78 is 2.18. The Kier molecular flexibility index (Phi) is 1.72. The number of aromatic amines is 1. The third kappa shape index (κ3) is 1.19. The zero-order valence-corrected chi connectivity index (χ0v) is 9.43. The molecule has 0 spiro atoms. The summed E-state index contributed by atoms with van der Waals surface area (Å²) in [6, 6.07) is 2.05. The fourth-order valence-electron chi connectivity index (χ4n) is 2.60. The summed E-state index contributed by atoms with van der Waals surface area (Å²) in [7, 11) is 0. The second kappa shape index (κ2) is 3.23. The maximum Gasteiger partial charge on any atom is 0.210 e. The number of imidazole rings is 1. The van der Waals surface area contributed by atoms with Crippen molar-refractivity contribution in [2.24, 2.45) is 0 Å². The van der Waals surface area contributed by atoms with Crippen molar-refractivity contribution in [1.29, 1.82) is 0 Å². The molecule has 0 bridgehead atoms. The standard InChI is InChI=1S/C12H13N5/c1-2-6-16(5-1)12-15-8-9-7-14-11-10(17(9)12)3-4-13-11/h3-4,7-8,13H,1-2,5-6H2. The Balaban J connectivity index is 2.05. The molecule has 1 aliphatic rings. The molecule has 4 heterocycles. The normalized spacial score (nSPS) is 16.4. The highest BCUT2D eigenvalue weighted by molar-refractivity contribution is 5.77. The zero-order chi connectivity index (χ0) is 11.2. The van der Waals surface area contributed by atoms with E-state index in [0.29, 0.717) is 0 Å². The van der Waals surface area contributed by atoms with Crippen LogP contribution in [0.25, 0.3) is 16.7 Å². The monoisotopic (exact) mass is 227 g/mol. The lowest BCUT2D eigenvalue weighted by molar-refractivity contribution is 0.903. The topological polar surface area (TPSA) is 49.2 Å². The molecule has 1 N–H and O–H groups in total. The van der Waals surface area contributed by atoms with Crippen molar-refractivity contribution in [3.8, 4) is 0 Å². The zero-order valence-electron chi connectivity index (χ0n) is 9.43. The van der Waals surface area contributed by atoms with Gasteiger partial charge in [-0.15, -0.1) is 0 Å². The van der Waals surface area contributed by atoms with Crippen molar-refractivity contribution in [3.05, 3.63) is 24.7 Å². The molecular weight excluding hydrogens is 214 g/mol. The summed E-state index contributed by atoms with van der Waals surface area (Å²) in [6.45, 7) is 2.21. The third-order valence-corrected chi connectivity index (χ3v) is 3.43. The van der Waals surface area contributed by atoms with Crippen molar-refractivity contribution in [3.63, 3.8) is 0 Å². The lowest BCUT2D eigenvalue weighted by Crippen LogP contribution is -2.20. The van der Waals surface area contributed by atoms with Crippen LogP contribution in [0.4, 0.5) is 5.95 Å². The van der Waals surface area contributed by atoms with Gasteiger partial charge in [-0.1, -0.05) is 0 Å². The van der Waals surface area contributed by atoms with Gasteiger partial charge in [0, 0.05) is 19.3 Å². The smallest absolute Gasteiger partial charge is 0.210 e. The minimum atomic E-state index is 0.913. The molecule has 4 rings (SSSR count). The van der Waals surface area contributed by atoms with Gasteiger partial charge < -0.3 is 9.88 Å². The number of hydrogen-bond donors (Lipinski definition) is 1. The van der Waals surface area contributed by atoms with Crippen LogP contribution < -0.4 is 4.90 Å². The Morgan fingerprint density at radius 2 is 1.94 bits per heavy atom. The van der Waals surface area contributed by atoms with E-state index in [0.717, 1.165) is 35.7 Å². The van der Waals surface area contributed by atoms with Crippen molar-refractivity contribution in [2.75, 3.05) is 18.0 Å². The first-order valence-electron chi connectivity index (χ1n) is 5.98. The molecule has 5 nitrogen and oxygen atoms in total. The molecule has 1 fully saturated rings. The van der Waals surface area contributed by atoms with E-state index in [9.17, 15) is 0 Å². The minimum Gasteiger partial charge on any atom is -0.345 e. The van der Waals surface area contributed by atoms with Gasteiger partial charge in [-0.25, -0.2) is 9.97 Å². The molecule has 1 saturated heterocycles. The van der Waals surface area contributed by atoms with E-state index in [2.05, 4.69) is 30.3 Å². The highest BCUT2D eigenvalue weighted by Gasteiger charge is 2.18. The predicted molar refractivity (Wildman–Crippen MR) is 66.3 cm³/mol. The average molecular weight is 227 g/mol. The Bertz CT molecular complexity index is 674. The third-order valence-electron chi connectivity index (χ3n) is 3.43. The number of anilines is 1. The average Bonchev–Trinajstić information content (AvgIpc) is 3.08. The van der Waals surface area contributed by atoms with Gasteiger partial charge in [0.15, 0.2) is 5.65 Å². The van der Waals surface area contributed by atoms with Crippen LogP contribution in [0.1, 0.15) is 12.8 Å². The minimum absolute atomic E-state index is 0.913. The van der Waals surface area contributed by atoms with E-state index in [1.165, 1.54) is 12.8 Å². The molecule has 0 aromatic carbocycles. The summed E-state index contributed by atoms with van der Waals surface area (Å²) >= 11 is 0. The Hall–Kier alpha value is -2.04. The summed E-state index contributed by atoms with van der Waals surface area (Å²) in [6.07, 6.45) is 8.20. The van der Waals surface area contributed by atoms with Gasteiger partial charge in [-0.05, 0) is 18.9 Å². The van der Waals surface area contributed by atoms with Crippen LogP contribution >= 0.6 is 0 Å². The first-order valence-corrected chi connectivity index (χ1v) is 5.98. The quantitative estimate of drug-likeness (QED) is 0.689. The van der Waals surface area contributed by atoms with E-state index in [1.54, 1.807) is 0 Å². The molecule has 0 saturated carbocycles. The SMILES string of the molecule is c1cc2c(ncc3cnc(N4CCCC4)n32)[nH]1. The molecule has 86 valence electrons. The molecule has 0 unspecified atom stereocenters. The van der Waals surface area contributed by atoms with E-state index in [1.807, 2.05) is 18.6 Å². The van der Waals surface area contributed by atoms with Crippen molar-refractivity contribution < 1.29 is 0 Å². The molecule has 0 atom stereocenters. The second-order valence-electron chi connectivity index (χ2n) is 4.48. The van der Waals surface area contributed by atoms with Crippen LogP contribution in [0.15, 0.2) is 24.7 Å². The lowest BCUT2D eigenvalue weighted by Gasteiger charge is -2.15. The molecule has 0 amide bonds. The highest BCUT2D eigenvalue weighted by Crippen LogP contribution is 2.23. The van der Waals surface area contributed by atoms with Crippen LogP contribution in [0.2, 0.25) is 0 Å². The highest BCUT2D eigenvalue weighted by atomic mass is 15.3. The number of H-pyrrole nitrogens is 1. The molecule has 0 radical (unpaired) electrons. The molecule has 17 heavy (non-hydrogen) atoms. The number of hydrogen-bond acceptors (Lipinski definition) is 3. The number of nitrogens with one attached hydrogen (secondary N) is 1. The van der Waals surface area contributed by atoms with Gasteiger partial charge in [0.2, 0.25) is 5.95 Å². The molecule has 5 heteroatoms. The maximum absolute atomic E-state index is 4.54. The number of nitrogens with zero attached hydrogens (tertiary/aromatic N) is 4. The summed E-state index contributed by atoms with van der Waals surface area (Å²) in [5, 5.41) is 0. The Labute approximate surface area is 98.1 Å². The van der Waals surface area contributed by atoms with Crippen molar-refractivity contribution >= 4 is 22.6 Å². The first kappa shape index (κ1) is 9.04. The van der Waals surface area contributed by atoms with Crippen LogP contribution in [0.3, 0.4) is 0 Å². The first-order chi connectivity index (χ1) is 8.43. The largest absolute Gasteiger partial charge is 0.345 e. The summed E-state index contributed by atoms with van der Waals surface area (Å²) in [4.78, 5) is 14.4. The van der Waals surface area contributed by atoms with Gasteiger partial charge in [0.1, 0.15) is 0 Å². The van der Waals surface area contributed by atoms with Crippen LogP contribution in [-0.4, -0.2) is 32.4 Å². The summed E-state index contributed by atoms with van der Waals surface area (Å²) in [5.41, 5.74) is 3.07. The van der Waals surface area contributed by atoms with E-state index < -0.39 is 0 Å². The molecule has 0 aliphatic carbocycles. The number of fused-ring (bicyclic) bond motifs is 3. The van der Waals surface area contributed by atoms with Gasteiger partial charge in [0.05, 0.1) is 23.4 Å². The van der Waals surface area contributed by atoms with E-state index in [4.69, 9.17) is 0 Å². The van der Waals surface area contributed by atoms with Crippen molar-refractivity contribution in [2.45, 2.75) is 12.8 Å². The number of rotatable bonds is 1. The Morgan fingerprint density at radius 3 is 2.82 bits per heavy atom. The van der Waals surface area contributed by atoms with Gasteiger partial charge >= 0.3 is 0 Å². The fraction of sp³-hybridized carbons (Fsp3) is 0.333. The fourth-order valence-corrected chi connectivity index (χ4v) is 2.60. The Morgan fingerprint density at radius 1 is 1.12 bits per heavy atom. The van der Waals surface area contributed by atoms with Gasteiger partial charge in [0.25, 0.3) is 0 Å². The van der Waals surface area contributed by atoms with Gasteiger partial charge in [-0.3, -0.25) is 4.40 Å². The number of aromatic nitrogens is 4. The molecule has 3 aromatic rings. The van der Waals surface area contributed by atoms with E-state index >= 15 is 0 Å². The molecule has 1 aliphatic heterocycles. The van der Waals surface area contributed by atoms with Gasteiger partial charge in [-0.2, -0.15) is 0 Å². The van der Waals surface area contributed by atoms with Crippen molar-refractivity contribution in [1.82, 2.24) is 19.4 Å². The predicted octanol–water partition coefficient (Wildman–Crippen LogP) is 1.81. The van der Waals surface area contributed by atoms with Crippen LogP contribution in [-0.2, 0) is 0 Å². The maximum atomic E-state index is 4.54. The summed E-state index contributed by atoms with van der Waals surface area (Å²) in [5.74, 6) is 1.05. The second-order valence-corrected chi connectivity index (χ2v) is 4.48. The van der Waals surface area contributed by atoms with E-state index in [-0.39, 0.29) is 0 Å². The lowest BCUT2D eigenvalue weighted by atomic mass is 10.4. The van der Waals surface area contributed by atoms with Crippen LogP contribution in [0.5, 0.6) is 0 Å². The molecular formula is C12H13N5. The van der Waals surface area contributed by atoms with Crippen LogP contribution in [0, 0.1) is 0 Å².